The van der Waals surface area contributed by atoms with Crippen molar-refractivity contribution in [1.82, 2.24) is 5.32 Å². The number of carbonyl (C=O) groups is 1. The number of ether oxygens (including phenoxy) is 1. The molecule has 0 aromatic heterocycles. The van der Waals surface area contributed by atoms with Gasteiger partial charge in [0.05, 0.1) is 22.2 Å². The number of hydrogen-bond acceptors (Lipinski definition) is 4. The van der Waals surface area contributed by atoms with Gasteiger partial charge in [0.1, 0.15) is 12.4 Å². The van der Waals surface area contributed by atoms with Crippen LogP contribution in [0.15, 0.2) is 77.7 Å². The summed E-state index contributed by atoms with van der Waals surface area (Å²) in [7, 11) is -3.82. The third-order valence-corrected chi connectivity index (χ3v) is 6.03. The highest BCUT2D eigenvalue weighted by atomic mass is 32.2. The number of nitrogens with one attached hydrogen (secondary N) is 2. The van der Waals surface area contributed by atoms with Crippen molar-refractivity contribution in [3.05, 3.63) is 89.5 Å². The van der Waals surface area contributed by atoms with Crippen LogP contribution in [-0.4, -0.2) is 27.0 Å². The summed E-state index contributed by atoms with van der Waals surface area (Å²) in [6, 6.07) is 20.4. The minimum absolute atomic E-state index is 0.133. The second kappa shape index (κ2) is 9.66. The van der Waals surface area contributed by atoms with E-state index in [1.165, 1.54) is 12.1 Å². The second-order valence-corrected chi connectivity index (χ2v) is 9.15. The van der Waals surface area contributed by atoms with Gasteiger partial charge in [0, 0.05) is 0 Å². The highest BCUT2D eigenvalue weighted by Crippen LogP contribution is 2.21. The van der Waals surface area contributed by atoms with E-state index in [0.717, 1.165) is 16.9 Å². The minimum Gasteiger partial charge on any atom is -0.491 e. The zero-order chi connectivity index (χ0) is 22.4. The van der Waals surface area contributed by atoms with E-state index in [-0.39, 0.29) is 34.7 Å². The molecule has 0 aliphatic heterocycles. The van der Waals surface area contributed by atoms with E-state index < -0.39 is 10.0 Å². The lowest BCUT2D eigenvalue weighted by Crippen LogP contribution is -2.37. The summed E-state index contributed by atoms with van der Waals surface area (Å²) < 4.78 is 33.7. The van der Waals surface area contributed by atoms with Crippen molar-refractivity contribution in [3.63, 3.8) is 0 Å². The maximum Gasteiger partial charge on any atom is 0.261 e. The molecule has 0 unspecified atom stereocenters. The maximum absolute atomic E-state index is 12.8. The van der Waals surface area contributed by atoms with Crippen molar-refractivity contribution in [1.29, 1.82) is 0 Å². The lowest BCUT2D eigenvalue weighted by atomic mass is 10.1. The Hall–Kier alpha value is -3.32. The van der Waals surface area contributed by atoms with E-state index in [1.807, 2.05) is 45.0 Å². The summed E-state index contributed by atoms with van der Waals surface area (Å²) in [6.07, 6.45) is 0. The molecule has 0 spiro atoms. The largest absolute Gasteiger partial charge is 0.491 e. The van der Waals surface area contributed by atoms with Crippen molar-refractivity contribution >= 4 is 21.6 Å². The van der Waals surface area contributed by atoms with Gasteiger partial charge < -0.3 is 10.1 Å². The van der Waals surface area contributed by atoms with Crippen LogP contribution in [0.5, 0.6) is 5.75 Å². The van der Waals surface area contributed by atoms with Gasteiger partial charge in [0.25, 0.3) is 15.9 Å². The predicted molar refractivity (Wildman–Crippen MR) is 122 cm³/mol. The number of carbonyl (C=O) groups excluding carboxylic acids is 1. The fraction of sp³-hybridized carbons (Fsp3) is 0.208. The van der Waals surface area contributed by atoms with E-state index in [2.05, 4.69) is 10.0 Å². The molecule has 3 aromatic carbocycles. The number of benzene rings is 3. The number of rotatable bonds is 8. The Bertz CT molecular complexity index is 1140. The van der Waals surface area contributed by atoms with Crippen LogP contribution in [0.2, 0.25) is 0 Å². The van der Waals surface area contributed by atoms with Crippen LogP contribution in [0.4, 0.5) is 5.69 Å². The molecule has 31 heavy (non-hydrogen) atoms. The molecular weight excluding hydrogens is 412 g/mol. The van der Waals surface area contributed by atoms with Crippen molar-refractivity contribution in [2.24, 2.45) is 0 Å². The van der Waals surface area contributed by atoms with E-state index >= 15 is 0 Å². The molecule has 3 rings (SSSR count). The minimum atomic E-state index is -3.82. The molecule has 2 N–H and O–H groups in total. The Kier molecular flexibility index (Phi) is 6.97. The fourth-order valence-electron chi connectivity index (χ4n) is 2.89. The first kappa shape index (κ1) is 22.4. The number of hydrogen-bond donors (Lipinski definition) is 2. The van der Waals surface area contributed by atoms with Crippen LogP contribution in [0, 0.1) is 13.8 Å². The van der Waals surface area contributed by atoms with E-state index in [1.54, 1.807) is 36.4 Å². The van der Waals surface area contributed by atoms with Crippen LogP contribution in [0.3, 0.4) is 0 Å². The molecule has 6 nitrogen and oxygen atoms in total. The third kappa shape index (κ3) is 6.08. The molecule has 0 heterocycles. The Labute approximate surface area is 183 Å². The Morgan fingerprint density at radius 3 is 2.13 bits per heavy atom. The lowest BCUT2D eigenvalue weighted by Gasteiger charge is -2.17. The summed E-state index contributed by atoms with van der Waals surface area (Å²) >= 11 is 0. The fourth-order valence-corrected chi connectivity index (χ4v) is 3.97. The maximum atomic E-state index is 12.8. The van der Waals surface area contributed by atoms with Crippen LogP contribution < -0.4 is 14.8 Å². The summed E-state index contributed by atoms with van der Waals surface area (Å²) in [5.41, 5.74) is 2.55. The predicted octanol–water partition coefficient (Wildman–Crippen LogP) is 4.30. The molecule has 0 radical (unpaired) electrons. The Balaban J connectivity index is 1.68. The zero-order valence-electron chi connectivity index (χ0n) is 17.8. The Morgan fingerprint density at radius 1 is 0.903 bits per heavy atom. The smallest absolute Gasteiger partial charge is 0.261 e. The summed E-state index contributed by atoms with van der Waals surface area (Å²) in [5, 5.41) is 2.85. The van der Waals surface area contributed by atoms with Crippen molar-refractivity contribution < 1.29 is 17.9 Å². The van der Waals surface area contributed by atoms with Gasteiger partial charge in [0.15, 0.2) is 0 Å². The molecule has 7 heteroatoms. The summed E-state index contributed by atoms with van der Waals surface area (Å²) in [4.78, 5) is 12.9. The highest BCUT2D eigenvalue weighted by Gasteiger charge is 2.19. The van der Waals surface area contributed by atoms with E-state index in [4.69, 9.17) is 4.74 Å². The van der Waals surface area contributed by atoms with Gasteiger partial charge in [-0.15, -0.1) is 0 Å². The standard InChI is InChI=1S/C24H26N2O4S/c1-17-8-12-20(13-9-17)30-16-19(3)25-24(27)22-6-4-5-7-23(22)26-31(28,29)21-14-10-18(2)11-15-21/h4-15,19,26H,16H2,1-3H3,(H,25,27)/t19-/m1/s1. The average molecular weight is 439 g/mol. The molecule has 3 aromatic rings. The van der Waals surface area contributed by atoms with Crippen molar-refractivity contribution in [2.75, 3.05) is 11.3 Å². The number of aryl methyl sites for hydroxylation is 2. The first-order valence-corrected chi connectivity index (χ1v) is 11.4. The van der Waals surface area contributed by atoms with Crippen molar-refractivity contribution in [2.45, 2.75) is 31.7 Å². The van der Waals surface area contributed by atoms with Gasteiger partial charge in [-0.25, -0.2) is 8.42 Å². The SMILES string of the molecule is Cc1ccc(OC[C@@H](C)NC(=O)c2ccccc2NS(=O)(=O)c2ccc(C)cc2)cc1. The second-order valence-electron chi connectivity index (χ2n) is 7.46. The molecule has 1 amide bonds. The Morgan fingerprint density at radius 2 is 1.48 bits per heavy atom. The van der Waals surface area contributed by atoms with Gasteiger partial charge in [0.2, 0.25) is 0 Å². The number of sulfonamides is 1. The molecule has 1 atom stereocenters. The van der Waals surface area contributed by atoms with Gasteiger partial charge in [-0.2, -0.15) is 0 Å². The molecule has 0 bridgehead atoms. The molecule has 0 saturated heterocycles. The normalized spacial score (nSPS) is 12.1. The molecule has 0 aliphatic carbocycles. The lowest BCUT2D eigenvalue weighted by molar-refractivity contribution is 0.0927. The van der Waals surface area contributed by atoms with Gasteiger partial charge in [-0.3, -0.25) is 9.52 Å². The molecule has 0 aliphatic rings. The van der Waals surface area contributed by atoms with E-state index in [9.17, 15) is 13.2 Å². The third-order valence-electron chi connectivity index (χ3n) is 4.65. The van der Waals surface area contributed by atoms with Crippen LogP contribution in [0.1, 0.15) is 28.4 Å². The highest BCUT2D eigenvalue weighted by molar-refractivity contribution is 7.92. The first-order chi connectivity index (χ1) is 14.7. The van der Waals surface area contributed by atoms with Crippen molar-refractivity contribution in [3.8, 4) is 5.75 Å². The van der Waals surface area contributed by atoms with Crippen LogP contribution >= 0.6 is 0 Å². The zero-order valence-corrected chi connectivity index (χ0v) is 18.6. The average Bonchev–Trinajstić information content (AvgIpc) is 2.73. The molecule has 162 valence electrons. The monoisotopic (exact) mass is 438 g/mol. The molecular formula is C24H26N2O4S. The molecule has 0 saturated carbocycles. The topological polar surface area (TPSA) is 84.5 Å². The summed E-state index contributed by atoms with van der Waals surface area (Å²) in [5.74, 6) is 0.333. The van der Waals surface area contributed by atoms with Gasteiger partial charge in [-0.1, -0.05) is 47.5 Å². The van der Waals surface area contributed by atoms with Crippen LogP contribution in [0.25, 0.3) is 0 Å². The van der Waals surface area contributed by atoms with Gasteiger partial charge >= 0.3 is 0 Å². The van der Waals surface area contributed by atoms with Gasteiger partial charge in [-0.05, 0) is 57.2 Å². The summed E-state index contributed by atoms with van der Waals surface area (Å²) in [6.45, 7) is 5.99. The number of amides is 1. The first-order valence-electron chi connectivity index (χ1n) is 9.93. The van der Waals surface area contributed by atoms with E-state index in [0.29, 0.717) is 0 Å². The number of para-hydroxylation sites is 1. The number of anilines is 1. The molecule has 0 fully saturated rings. The van der Waals surface area contributed by atoms with Crippen LogP contribution in [-0.2, 0) is 10.0 Å². The quantitative estimate of drug-likeness (QED) is 0.549.